The van der Waals surface area contributed by atoms with Crippen LogP contribution in [0.4, 0.5) is 5.82 Å². The number of carbonyl (C=O) groups is 2. The smallest absolute Gasteiger partial charge is 0.290 e. The molecule has 2 atom stereocenters. The maximum absolute atomic E-state index is 12.8. The fourth-order valence-corrected chi connectivity index (χ4v) is 3.72. The zero-order valence-corrected chi connectivity index (χ0v) is 15.7. The largest absolute Gasteiger partial charge is 0.483 e. The van der Waals surface area contributed by atoms with Gasteiger partial charge in [0.05, 0.1) is 6.10 Å². The van der Waals surface area contributed by atoms with Gasteiger partial charge in [-0.1, -0.05) is 6.07 Å². The van der Waals surface area contributed by atoms with Gasteiger partial charge in [0, 0.05) is 45.0 Å². The molecule has 8 heteroatoms. The third-order valence-electron chi connectivity index (χ3n) is 5.19. The number of aliphatic hydroxyl groups excluding tert-OH is 1. The number of likely N-dealkylation sites (tertiary alicyclic amines) is 1. The van der Waals surface area contributed by atoms with E-state index < -0.39 is 6.10 Å². The highest BCUT2D eigenvalue weighted by atomic mass is 16.3. The van der Waals surface area contributed by atoms with Crippen molar-refractivity contribution in [2.24, 2.45) is 5.92 Å². The molecule has 2 aliphatic rings. The second-order valence-electron chi connectivity index (χ2n) is 7.05. The summed E-state index contributed by atoms with van der Waals surface area (Å²) in [5.41, 5.74) is 2.78. The van der Waals surface area contributed by atoms with Crippen LogP contribution in [0.2, 0.25) is 0 Å². The molecule has 28 heavy (non-hydrogen) atoms. The lowest BCUT2D eigenvalue weighted by Crippen LogP contribution is -2.30. The number of β-amino-alcohol motifs (C(OH)–C–C–N with tert-alkyl or cyclic N) is 1. The van der Waals surface area contributed by atoms with E-state index in [0.29, 0.717) is 18.8 Å². The summed E-state index contributed by atoms with van der Waals surface area (Å²) in [6.07, 6.45) is 4.72. The number of rotatable bonds is 3. The Balaban J connectivity index is 0.000000706. The first-order valence-electron chi connectivity index (χ1n) is 9.18. The molecule has 0 aromatic carbocycles. The Kier molecular flexibility index (Phi) is 6.20. The van der Waals surface area contributed by atoms with Gasteiger partial charge in [-0.05, 0) is 42.2 Å². The minimum absolute atomic E-state index is 0.0449. The maximum Gasteiger partial charge on any atom is 0.290 e. The van der Waals surface area contributed by atoms with Gasteiger partial charge in [0.15, 0.2) is 0 Å². The average Bonchev–Trinajstić information content (AvgIpc) is 3.25. The minimum atomic E-state index is -0.505. The van der Waals surface area contributed by atoms with E-state index in [1.807, 2.05) is 31.3 Å². The normalized spacial score (nSPS) is 20.4. The predicted molar refractivity (Wildman–Crippen MR) is 103 cm³/mol. The van der Waals surface area contributed by atoms with Gasteiger partial charge in [0.2, 0.25) is 0 Å². The van der Waals surface area contributed by atoms with Gasteiger partial charge in [-0.2, -0.15) is 0 Å². The number of anilines is 1. The lowest BCUT2D eigenvalue weighted by Gasteiger charge is -2.17. The van der Waals surface area contributed by atoms with Crippen LogP contribution in [0.15, 0.2) is 36.7 Å². The molecule has 1 fully saturated rings. The van der Waals surface area contributed by atoms with E-state index in [-0.39, 0.29) is 18.3 Å². The summed E-state index contributed by atoms with van der Waals surface area (Å²) in [6, 6.07) is 7.72. The Morgan fingerprint density at radius 3 is 2.68 bits per heavy atom. The molecular weight excluding hydrogens is 360 g/mol. The van der Waals surface area contributed by atoms with Crippen LogP contribution in [0.5, 0.6) is 0 Å². The monoisotopic (exact) mass is 384 g/mol. The van der Waals surface area contributed by atoms with Crippen molar-refractivity contribution in [1.29, 1.82) is 0 Å². The number of likely N-dealkylation sites (N-methyl/N-ethyl adjacent to an activating group) is 1. The number of hydrogen-bond donors (Lipinski definition) is 2. The van der Waals surface area contributed by atoms with Gasteiger partial charge >= 0.3 is 0 Å². The van der Waals surface area contributed by atoms with Crippen molar-refractivity contribution in [3.8, 4) is 0 Å². The molecule has 2 N–H and O–H groups in total. The highest BCUT2D eigenvalue weighted by Crippen LogP contribution is 2.26. The molecule has 0 radical (unpaired) electrons. The number of amides is 1. The van der Waals surface area contributed by atoms with E-state index >= 15 is 0 Å². The average molecular weight is 384 g/mol. The van der Waals surface area contributed by atoms with Gasteiger partial charge in [0.1, 0.15) is 11.5 Å². The Labute approximate surface area is 163 Å². The molecule has 148 valence electrons. The molecule has 2 aromatic rings. The quantitative estimate of drug-likeness (QED) is 0.756. The van der Waals surface area contributed by atoms with Crippen molar-refractivity contribution in [2.75, 3.05) is 31.6 Å². The molecule has 1 saturated heterocycles. The van der Waals surface area contributed by atoms with Crippen LogP contribution < -0.4 is 4.90 Å². The van der Waals surface area contributed by atoms with Crippen LogP contribution in [-0.4, -0.2) is 70.2 Å². The molecule has 0 spiro atoms. The molecule has 0 saturated carbocycles. The fourth-order valence-electron chi connectivity index (χ4n) is 3.72. The van der Waals surface area contributed by atoms with Crippen LogP contribution in [0.3, 0.4) is 0 Å². The first kappa shape index (κ1) is 19.8. The number of carbonyl (C=O) groups excluding carboxylic acids is 1. The van der Waals surface area contributed by atoms with E-state index in [4.69, 9.17) is 9.90 Å². The standard InChI is InChI=1S/C19H22N4O2.CH2O2/c1-22-9-6-14-2-3-16(21-18(14)22)19(25)23-11-15(17(24)12-23)10-13-4-7-20-8-5-13;2-1-3/h2-5,7-8,15,17,24H,6,9-12H2,1H3;1H,(H,2,3)/t15-,17+;/m1./s1. The zero-order valence-electron chi connectivity index (χ0n) is 15.7. The molecule has 1 amide bonds. The van der Waals surface area contributed by atoms with E-state index in [2.05, 4.69) is 14.9 Å². The minimum Gasteiger partial charge on any atom is -0.483 e. The van der Waals surface area contributed by atoms with E-state index in [1.54, 1.807) is 17.3 Å². The third-order valence-corrected chi connectivity index (χ3v) is 5.19. The number of carboxylic acid groups (broad SMARTS) is 1. The predicted octanol–water partition coefficient (Wildman–Crippen LogP) is 0.845. The highest BCUT2D eigenvalue weighted by molar-refractivity contribution is 5.93. The lowest BCUT2D eigenvalue weighted by atomic mass is 9.97. The van der Waals surface area contributed by atoms with E-state index in [9.17, 15) is 9.90 Å². The molecule has 2 aromatic heterocycles. The van der Waals surface area contributed by atoms with E-state index in [0.717, 1.165) is 30.8 Å². The molecule has 4 heterocycles. The lowest BCUT2D eigenvalue weighted by molar-refractivity contribution is -0.122. The number of fused-ring (bicyclic) bond motifs is 1. The number of hydrogen-bond acceptors (Lipinski definition) is 6. The van der Waals surface area contributed by atoms with Gasteiger partial charge in [0.25, 0.3) is 12.4 Å². The molecule has 2 aliphatic heterocycles. The van der Waals surface area contributed by atoms with Crippen molar-refractivity contribution in [3.63, 3.8) is 0 Å². The van der Waals surface area contributed by atoms with Crippen molar-refractivity contribution < 1.29 is 19.8 Å². The second-order valence-corrected chi connectivity index (χ2v) is 7.05. The summed E-state index contributed by atoms with van der Waals surface area (Å²) in [6.45, 7) is 1.61. The summed E-state index contributed by atoms with van der Waals surface area (Å²) in [7, 11) is 2.00. The van der Waals surface area contributed by atoms with Crippen LogP contribution in [0, 0.1) is 5.92 Å². The van der Waals surface area contributed by atoms with Crippen molar-refractivity contribution in [3.05, 3.63) is 53.5 Å². The Morgan fingerprint density at radius 1 is 1.25 bits per heavy atom. The molecule has 0 aliphatic carbocycles. The molecule has 0 unspecified atom stereocenters. The second kappa shape index (κ2) is 8.79. The Morgan fingerprint density at radius 2 is 1.96 bits per heavy atom. The molecule has 8 nitrogen and oxygen atoms in total. The topological polar surface area (TPSA) is 107 Å². The van der Waals surface area contributed by atoms with Gasteiger partial charge in [-0.25, -0.2) is 4.98 Å². The number of nitrogens with zero attached hydrogens (tertiary/aromatic N) is 4. The van der Waals surface area contributed by atoms with E-state index in [1.165, 1.54) is 5.56 Å². The molecule has 4 rings (SSSR count). The number of aromatic nitrogens is 2. The summed E-state index contributed by atoms with van der Waals surface area (Å²) < 4.78 is 0. The summed E-state index contributed by atoms with van der Waals surface area (Å²) in [5, 5.41) is 17.3. The number of aliphatic hydroxyl groups is 1. The summed E-state index contributed by atoms with van der Waals surface area (Å²) in [4.78, 5) is 33.6. The summed E-state index contributed by atoms with van der Waals surface area (Å²) >= 11 is 0. The van der Waals surface area contributed by atoms with Crippen LogP contribution in [-0.2, 0) is 17.6 Å². The first-order valence-corrected chi connectivity index (χ1v) is 9.18. The van der Waals surface area contributed by atoms with Gasteiger partial charge in [-0.3, -0.25) is 14.6 Å². The van der Waals surface area contributed by atoms with Gasteiger partial charge < -0.3 is 20.0 Å². The maximum atomic E-state index is 12.8. The SMILES string of the molecule is CN1CCc2ccc(C(=O)N3C[C@@H](Cc4ccncc4)[C@@H](O)C3)nc21.O=CO. The van der Waals surface area contributed by atoms with Crippen molar-refractivity contribution in [1.82, 2.24) is 14.9 Å². The van der Waals surface area contributed by atoms with Crippen molar-refractivity contribution >= 4 is 18.2 Å². The first-order chi connectivity index (χ1) is 13.5. The van der Waals surface area contributed by atoms with Gasteiger partial charge in [-0.15, -0.1) is 0 Å². The molecular formula is C20H24N4O4. The van der Waals surface area contributed by atoms with Crippen molar-refractivity contribution in [2.45, 2.75) is 18.9 Å². The number of pyridine rings is 2. The fraction of sp³-hybridized carbons (Fsp3) is 0.400. The summed E-state index contributed by atoms with van der Waals surface area (Å²) in [5.74, 6) is 0.849. The third kappa shape index (κ3) is 4.28. The Hall–Kier alpha value is -3.00. The highest BCUT2D eigenvalue weighted by Gasteiger charge is 2.35. The van der Waals surface area contributed by atoms with Crippen LogP contribution in [0.25, 0.3) is 0 Å². The molecule has 0 bridgehead atoms. The van der Waals surface area contributed by atoms with Crippen LogP contribution in [0.1, 0.15) is 21.6 Å². The Bertz CT molecular complexity index is 830. The van der Waals surface area contributed by atoms with Crippen LogP contribution >= 0.6 is 0 Å². The zero-order chi connectivity index (χ0) is 20.1.